The lowest BCUT2D eigenvalue weighted by Gasteiger charge is -2.33. The summed E-state index contributed by atoms with van der Waals surface area (Å²) in [5.41, 5.74) is 5.36. The van der Waals surface area contributed by atoms with Gasteiger partial charge in [-0.15, -0.1) is 0 Å². The summed E-state index contributed by atoms with van der Waals surface area (Å²) in [6.45, 7) is 7.92. The molecule has 7 nitrogen and oxygen atoms in total. The Hall–Kier alpha value is -1.60. The van der Waals surface area contributed by atoms with Crippen molar-refractivity contribution in [3.8, 4) is 0 Å². The van der Waals surface area contributed by atoms with Gasteiger partial charge < -0.3 is 24.7 Å². The SMILES string of the molecule is CC(C)(C)OC(=O)N1CCC2(C1)OCCn1ccnc1C2N. The predicted molar refractivity (Wildman–Crippen MR) is 80.3 cm³/mol. The summed E-state index contributed by atoms with van der Waals surface area (Å²) >= 11 is 0. The van der Waals surface area contributed by atoms with Crippen LogP contribution in [0.4, 0.5) is 4.79 Å². The van der Waals surface area contributed by atoms with Crippen molar-refractivity contribution in [3.05, 3.63) is 18.2 Å². The van der Waals surface area contributed by atoms with E-state index in [2.05, 4.69) is 4.98 Å². The molecule has 2 unspecified atom stereocenters. The Kier molecular flexibility index (Phi) is 3.65. The van der Waals surface area contributed by atoms with E-state index in [1.807, 2.05) is 31.5 Å². The van der Waals surface area contributed by atoms with Gasteiger partial charge in [-0.1, -0.05) is 0 Å². The lowest BCUT2D eigenvalue weighted by molar-refractivity contribution is -0.0531. The van der Waals surface area contributed by atoms with Gasteiger partial charge in [-0.05, 0) is 27.2 Å². The fourth-order valence-electron chi connectivity index (χ4n) is 3.12. The first kappa shape index (κ1) is 15.3. The van der Waals surface area contributed by atoms with Crippen molar-refractivity contribution >= 4 is 6.09 Å². The number of carbonyl (C=O) groups excluding carboxylic acids is 1. The molecule has 2 atom stereocenters. The molecule has 1 saturated heterocycles. The molecule has 2 N–H and O–H groups in total. The first-order valence-electron chi connectivity index (χ1n) is 7.69. The van der Waals surface area contributed by atoms with Crippen molar-refractivity contribution in [3.63, 3.8) is 0 Å². The summed E-state index contributed by atoms with van der Waals surface area (Å²) in [5.74, 6) is 0.823. The van der Waals surface area contributed by atoms with Gasteiger partial charge in [-0.25, -0.2) is 9.78 Å². The van der Waals surface area contributed by atoms with Gasteiger partial charge in [0.2, 0.25) is 0 Å². The second-order valence-electron chi connectivity index (χ2n) is 7.02. The average Bonchev–Trinajstić information content (AvgIpc) is 3.01. The Balaban J connectivity index is 1.77. The molecule has 22 heavy (non-hydrogen) atoms. The van der Waals surface area contributed by atoms with Gasteiger partial charge in [0, 0.05) is 25.5 Å². The third kappa shape index (κ3) is 2.70. The van der Waals surface area contributed by atoms with Crippen LogP contribution < -0.4 is 5.73 Å². The molecule has 0 radical (unpaired) electrons. The van der Waals surface area contributed by atoms with E-state index in [0.717, 1.165) is 12.4 Å². The summed E-state index contributed by atoms with van der Waals surface area (Å²) < 4.78 is 13.5. The van der Waals surface area contributed by atoms with Crippen LogP contribution in [0.15, 0.2) is 12.4 Å². The number of nitrogens with zero attached hydrogens (tertiary/aromatic N) is 3. The maximum atomic E-state index is 12.3. The molecule has 2 aliphatic heterocycles. The molecule has 0 bridgehead atoms. The van der Waals surface area contributed by atoms with Gasteiger partial charge in [0.25, 0.3) is 0 Å². The standard InChI is InChI=1S/C15H24N4O3/c1-14(2,3)22-13(20)19-6-4-15(10-19)11(16)12-17-5-7-18(12)8-9-21-15/h5,7,11H,4,6,8-10,16H2,1-3H3. The molecule has 3 heterocycles. The third-order valence-corrected chi connectivity index (χ3v) is 4.23. The predicted octanol–water partition coefficient (Wildman–Crippen LogP) is 1.29. The van der Waals surface area contributed by atoms with Gasteiger partial charge >= 0.3 is 6.09 Å². The van der Waals surface area contributed by atoms with Gasteiger partial charge in [-0.3, -0.25) is 0 Å². The highest BCUT2D eigenvalue weighted by atomic mass is 16.6. The van der Waals surface area contributed by atoms with Crippen LogP contribution in [0.5, 0.6) is 0 Å². The number of fused-ring (bicyclic) bond motifs is 1. The highest BCUT2D eigenvalue weighted by Gasteiger charge is 2.49. The number of carbonyl (C=O) groups is 1. The number of ether oxygens (including phenoxy) is 2. The minimum atomic E-state index is -0.573. The number of nitrogens with two attached hydrogens (primary N) is 1. The maximum absolute atomic E-state index is 12.3. The maximum Gasteiger partial charge on any atom is 0.410 e. The minimum absolute atomic E-state index is 0.312. The molecule has 0 aromatic carbocycles. The minimum Gasteiger partial charge on any atom is -0.444 e. The monoisotopic (exact) mass is 308 g/mol. The lowest BCUT2D eigenvalue weighted by atomic mass is 9.93. The van der Waals surface area contributed by atoms with E-state index in [-0.39, 0.29) is 12.1 Å². The Morgan fingerprint density at radius 1 is 1.50 bits per heavy atom. The van der Waals surface area contributed by atoms with Crippen molar-refractivity contribution in [2.45, 2.75) is 51.0 Å². The number of amides is 1. The molecule has 3 rings (SSSR count). The summed E-state index contributed by atoms with van der Waals surface area (Å²) in [5, 5.41) is 0. The first-order valence-corrected chi connectivity index (χ1v) is 7.69. The van der Waals surface area contributed by atoms with E-state index in [0.29, 0.717) is 26.1 Å². The Morgan fingerprint density at radius 2 is 2.27 bits per heavy atom. The largest absolute Gasteiger partial charge is 0.444 e. The van der Waals surface area contributed by atoms with Crippen LogP contribution in [-0.4, -0.2) is 51.4 Å². The topological polar surface area (TPSA) is 82.6 Å². The number of likely N-dealkylation sites (tertiary alicyclic amines) is 1. The number of hydrogen-bond donors (Lipinski definition) is 1. The molecule has 0 aliphatic carbocycles. The Bertz CT molecular complexity index is 565. The average molecular weight is 308 g/mol. The van der Waals surface area contributed by atoms with Crippen LogP contribution >= 0.6 is 0 Å². The van der Waals surface area contributed by atoms with E-state index < -0.39 is 11.2 Å². The molecule has 1 fully saturated rings. The van der Waals surface area contributed by atoms with Crippen LogP contribution in [0.3, 0.4) is 0 Å². The van der Waals surface area contributed by atoms with Gasteiger partial charge in [-0.2, -0.15) is 0 Å². The molecule has 1 aromatic rings. The van der Waals surface area contributed by atoms with E-state index in [9.17, 15) is 4.79 Å². The number of hydrogen-bond acceptors (Lipinski definition) is 5. The van der Waals surface area contributed by atoms with E-state index in [4.69, 9.17) is 15.2 Å². The van der Waals surface area contributed by atoms with Gasteiger partial charge in [0.05, 0.1) is 19.2 Å². The first-order chi connectivity index (χ1) is 10.3. The number of aromatic nitrogens is 2. The summed E-state index contributed by atoms with van der Waals surface area (Å²) in [6, 6.07) is -0.350. The molecule has 7 heteroatoms. The number of rotatable bonds is 0. The van der Waals surface area contributed by atoms with E-state index in [1.165, 1.54) is 0 Å². The molecule has 1 aromatic heterocycles. The van der Waals surface area contributed by atoms with Crippen LogP contribution in [0, 0.1) is 0 Å². The highest BCUT2D eigenvalue weighted by Crippen LogP contribution is 2.37. The molecule has 122 valence electrons. The molecule has 1 spiro atoms. The lowest BCUT2D eigenvalue weighted by Crippen LogP contribution is -2.47. The molecule has 2 aliphatic rings. The number of imidazole rings is 1. The molecule has 1 amide bonds. The second-order valence-corrected chi connectivity index (χ2v) is 7.02. The molecular formula is C15H24N4O3. The smallest absolute Gasteiger partial charge is 0.410 e. The highest BCUT2D eigenvalue weighted by molar-refractivity contribution is 5.68. The van der Waals surface area contributed by atoms with Crippen molar-refractivity contribution in [2.24, 2.45) is 5.73 Å². The summed E-state index contributed by atoms with van der Waals surface area (Å²) in [6.07, 6.45) is 4.06. The second kappa shape index (κ2) is 5.24. The third-order valence-electron chi connectivity index (χ3n) is 4.23. The van der Waals surface area contributed by atoms with Crippen molar-refractivity contribution < 1.29 is 14.3 Å². The van der Waals surface area contributed by atoms with E-state index >= 15 is 0 Å². The van der Waals surface area contributed by atoms with Crippen LogP contribution in [-0.2, 0) is 16.0 Å². The summed E-state index contributed by atoms with van der Waals surface area (Å²) in [7, 11) is 0. The van der Waals surface area contributed by atoms with Gasteiger partial charge in [0.15, 0.2) is 0 Å². The van der Waals surface area contributed by atoms with Crippen molar-refractivity contribution in [1.82, 2.24) is 14.5 Å². The van der Waals surface area contributed by atoms with Crippen molar-refractivity contribution in [1.29, 1.82) is 0 Å². The van der Waals surface area contributed by atoms with Crippen molar-refractivity contribution in [2.75, 3.05) is 19.7 Å². The zero-order chi connectivity index (χ0) is 16.0. The fraction of sp³-hybridized carbons (Fsp3) is 0.733. The molecule has 0 saturated carbocycles. The molecular weight excluding hydrogens is 284 g/mol. The Morgan fingerprint density at radius 3 is 3.00 bits per heavy atom. The zero-order valence-electron chi connectivity index (χ0n) is 13.4. The quantitative estimate of drug-likeness (QED) is 0.781. The van der Waals surface area contributed by atoms with Crippen LogP contribution in [0.1, 0.15) is 39.1 Å². The van der Waals surface area contributed by atoms with Crippen LogP contribution in [0.25, 0.3) is 0 Å². The fourth-order valence-corrected chi connectivity index (χ4v) is 3.12. The van der Waals surface area contributed by atoms with Gasteiger partial charge in [0.1, 0.15) is 17.0 Å². The Labute approximate surface area is 130 Å². The zero-order valence-corrected chi connectivity index (χ0v) is 13.4. The van der Waals surface area contributed by atoms with E-state index in [1.54, 1.807) is 11.1 Å². The normalized spacial score (nSPS) is 28.5. The van der Waals surface area contributed by atoms with Crippen LogP contribution in [0.2, 0.25) is 0 Å². The summed E-state index contributed by atoms with van der Waals surface area (Å²) in [4.78, 5) is 18.3.